The Morgan fingerprint density at radius 3 is 2.39 bits per heavy atom. The van der Waals surface area contributed by atoms with Gasteiger partial charge in [-0.25, -0.2) is 0 Å². The number of Topliss-reactive ketones (excluding diaryl/α,β-unsaturated/α-hetero) is 1. The van der Waals surface area contributed by atoms with Crippen molar-refractivity contribution in [1.29, 1.82) is 0 Å². The molecule has 1 fully saturated rings. The Balaban J connectivity index is 2.30. The molecule has 0 atom stereocenters. The van der Waals surface area contributed by atoms with Crippen molar-refractivity contribution in [2.24, 2.45) is 5.73 Å². The average molecular weight is 259 g/mol. The minimum absolute atomic E-state index is 0.114. The van der Waals surface area contributed by atoms with Gasteiger partial charge in [0.05, 0.1) is 11.1 Å². The minimum Gasteiger partial charge on any atom is -0.405 e. The summed E-state index contributed by atoms with van der Waals surface area (Å²) in [6.07, 6.45) is -3.03. The molecule has 0 aromatic heterocycles. The summed E-state index contributed by atoms with van der Waals surface area (Å²) in [7, 11) is 0. The molecule has 1 aliphatic rings. The normalized spacial score (nSPS) is 18.0. The van der Waals surface area contributed by atoms with Gasteiger partial charge < -0.3 is 10.5 Å². The van der Waals surface area contributed by atoms with E-state index < -0.39 is 23.4 Å². The summed E-state index contributed by atoms with van der Waals surface area (Å²) in [6.45, 7) is 0. The van der Waals surface area contributed by atoms with Crippen molar-refractivity contribution in [2.75, 3.05) is 0 Å². The molecule has 1 saturated carbocycles. The van der Waals surface area contributed by atoms with E-state index in [4.69, 9.17) is 5.73 Å². The van der Waals surface area contributed by atoms with Crippen molar-refractivity contribution in [3.8, 4) is 5.75 Å². The van der Waals surface area contributed by atoms with Crippen LogP contribution in [0.3, 0.4) is 0 Å². The lowest BCUT2D eigenvalue weighted by atomic mass is 9.72. The van der Waals surface area contributed by atoms with Crippen LogP contribution < -0.4 is 10.5 Å². The molecule has 0 saturated heterocycles. The second kappa shape index (κ2) is 4.28. The van der Waals surface area contributed by atoms with Crippen LogP contribution in [0.4, 0.5) is 13.2 Å². The molecule has 0 spiro atoms. The monoisotopic (exact) mass is 259 g/mol. The Morgan fingerprint density at radius 2 is 1.89 bits per heavy atom. The van der Waals surface area contributed by atoms with Crippen LogP contribution in [0.5, 0.6) is 5.75 Å². The summed E-state index contributed by atoms with van der Waals surface area (Å²) in [6, 6.07) is 5.28. The van der Waals surface area contributed by atoms with Gasteiger partial charge in [0.2, 0.25) is 0 Å². The molecule has 2 N–H and O–H groups in total. The standard InChI is InChI=1S/C12H12F3NO2/c13-12(14,15)18-9-5-2-1-4-8(9)10(17)11(16)6-3-7-11/h1-2,4-5H,3,6-7,16H2. The lowest BCUT2D eigenvalue weighted by Gasteiger charge is -2.36. The number of rotatable bonds is 3. The van der Waals surface area contributed by atoms with Crippen LogP contribution in [-0.4, -0.2) is 17.7 Å². The summed E-state index contributed by atoms with van der Waals surface area (Å²) in [5.74, 6) is -0.986. The molecule has 1 aromatic rings. The molecule has 6 heteroatoms. The second-order valence-electron chi connectivity index (χ2n) is 4.38. The predicted molar refractivity (Wildman–Crippen MR) is 58.2 cm³/mol. The molecule has 0 heterocycles. The van der Waals surface area contributed by atoms with Crippen molar-refractivity contribution < 1.29 is 22.7 Å². The first kappa shape index (κ1) is 12.9. The maximum atomic E-state index is 12.2. The number of ether oxygens (including phenoxy) is 1. The fraction of sp³-hybridized carbons (Fsp3) is 0.417. The molecule has 18 heavy (non-hydrogen) atoms. The maximum Gasteiger partial charge on any atom is 0.573 e. The molecule has 98 valence electrons. The van der Waals surface area contributed by atoms with Gasteiger partial charge in [-0.2, -0.15) is 0 Å². The Kier molecular flexibility index (Phi) is 3.06. The van der Waals surface area contributed by atoms with Crippen LogP contribution in [0.25, 0.3) is 0 Å². The van der Waals surface area contributed by atoms with E-state index in [0.29, 0.717) is 12.8 Å². The van der Waals surface area contributed by atoms with E-state index in [2.05, 4.69) is 4.74 Å². The molecule has 2 rings (SSSR count). The van der Waals surface area contributed by atoms with Crippen LogP contribution in [-0.2, 0) is 0 Å². The zero-order chi connectivity index (χ0) is 13.4. The van der Waals surface area contributed by atoms with Crippen molar-refractivity contribution in [2.45, 2.75) is 31.2 Å². The first-order valence-electron chi connectivity index (χ1n) is 5.50. The van der Waals surface area contributed by atoms with Crippen molar-refractivity contribution in [1.82, 2.24) is 0 Å². The Labute approximate surface area is 102 Å². The average Bonchev–Trinajstić information content (AvgIpc) is 2.23. The molecule has 0 bridgehead atoms. The smallest absolute Gasteiger partial charge is 0.405 e. The van der Waals surface area contributed by atoms with E-state index in [0.717, 1.165) is 12.5 Å². The van der Waals surface area contributed by atoms with Crippen LogP contribution in [0.15, 0.2) is 24.3 Å². The van der Waals surface area contributed by atoms with Gasteiger partial charge >= 0.3 is 6.36 Å². The Hall–Kier alpha value is -1.56. The molecular weight excluding hydrogens is 247 g/mol. The van der Waals surface area contributed by atoms with Gasteiger partial charge in [0.25, 0.3) is 0 Å². The van der Waals surface area contributed by atoms with E-state index in [1.165, 1.54) is 18.2 Å². The summed E-state index contributed by atoms with van der Waals surface area (Å²) < 4.78 is 40.5. The number of hydrogen-bond acceptors (Lipinski definition) is 3. The number of halogens is 3. The van der Waals surface area contributed by atoms with E-state index in [-0.39, 0.29) is 5.56 Å². The van der Waals surface area contributed by atoms with Crippen LogP contribution in [0, 0.1) is 0 Å². The van der Waals surface area contributed by atoms with Crippen LogP contribution in [0.1, 0.15) is 29.6 Å². The Bertz CT molecular complexity index is 467. The molecule has 1 aromatic carbocycles. The largest absolute Gasteiger partial charge is 0.573 e. The van der Waals surface area contributed by atoms with E-state index in [1.807, 2.05) is 0 Å². The van der Waals surface area contributed by atoms with Gasteiger partial charge in [-0.1, -0.05) is 12.1 Å². The third-order valence-electron chi connectivity index (χ3n) is 3.06. The number of nitrogens with two attached hydrogens (primary N) is 1. The van der Waals surface area contributed by atoms with Gasteiger partial charge in [-0.3, -0.25) is 4.79 Å². The number of para-hydroxylation sites is 1. The van der Waals surface area contributed by atoms with Crippen LogP contribution >= 0.6 is 0 Å². The summed E-state index contributed by atoms with van der Waals surface area (Å²) in [4.78, 5) is 12.1. The first-order chi connectivity index (χ1) is 8.32. The molecule has 3 nitrogen and oxygen atoms in total. The second-order valence-corrected chi connectivity index (χ2v) is 4.38. The molecule has 0 aliphatic heterocycles. The predicted octanol–water partition coefficient (Wildman–Crippen LogP) is 2.65. The molecule has 1 aliphatic carbocycles. The highest BCUT2D eigenvalue weighted by atomic mass is 19.4. The number of alkyl halides is 3. The SMILES string of the molecule is NC1(C(=O)c2ccccc2OC(F)(F)F)CCC1. The summed E-state index contributed by atoms with van der Waals surface area (Å²) in [5.41, 5.74) is 4.67. The van der Waals surface area contributed by atoms with E-state index in [9.17, 15) is 18.0 Å². The highest BCUT2D eigenvalue weighted by molar-refractivity contribution is 6.05. The van der Waals surface area contributed by atoms with Gasteiger partial charge in [0.15, 0.2) is 5.78 Å². The van der Waals surface area contributed by atoms with Crippen LogP contribution in [0.2, 0.25) is 0 Å². The van der Waals surface area contributed by atoms with Gasteiger partial charge in [0, 0.05) is 0 Å². The third kappa shape index (κ3) is 2.48. The molecular formula is C12H12F3NO2. The third-order valence-corrected chi connectivity index (χ3v) is 3.06. The van der Waals surface area contributed by atoms with E-state index in [1.54, 1.807) is 0 Å². The topological polar surface area (TPSA) is 52.3 Å². The zero-order valence-corrected chi connectivity index (χ0v) is 9.46. The lowest BCUT2D eigenvalue weighted by Crippen LogP contribution is -2.53. The number of ketones is 1. The highest BCUT2D eigenvalue weighted by Crippen LogP contribution is 2.36. The van der Waals surface area contributed by atoms with Gasteiger partial charge in [-0.05, 0) is 31.4 Å². The first-order valence-corrected chi connectivity index (χ1v) is 5.50. The maximum absolute atomic E-state index is 12.2. The molecule has 0 radical (unpaired) electrons. The van der Waals surface area contributed by atoms with Crippen molar-refractivity contribution in [3.63, 3.8) is 0 Å². The fourth-order valence-corrected chi connectivity index (χ4v) is 1.92. The molecule has 0 amide bonds. The quantitative estimate of drug-likeness (QED) is 0.849. The Morgan fingerprint density at radius 1 is 1.28 bits per heavy atom. The van der Waals surface area contributed by atoms with Gasteiger partial charge in [-0.15, -0.1) is 13.2 Å². The summed E-state index contributed by atoms with van der Waals surface area (Å²) >= 11 is 0. The number of hydrogen-bond donors (Lipinski definition) is 1. The molecule has 0 unspecified atom stereocenters. The van der Waals surface area contributed by atoms with Crippen molar-refractivity contribution >= 4 is 5.78 Å². The number of benzene rings is 1. The van der Waals surface area contributed by atoms with Crippen molar-refractivity contribution in [3.05, 3.63) is 29.8 Å². The van der Waals surface area contributed by atoms with Gasteiger partial charge in [0.1, 0.15) is 5.75 Å². The minimum atomic E-state index is -4.82. The zero-order valence-electron chi connectivity index (χ0n) is 9.46. The fourth-order valence-electron chi connectivity index (χ4n) is 1.92. The summed E-state index contributed by atoms with van der Waals surface area (Å²) in [5, 5.41) is 0. The number of carbonyl (C=O) groups excluding carboxylic acids is 1. The highest BCUT2D eigenvalue weighted by Gasteiger charge is 2.42. The number of carbonyl (C=O) groups is 1. The van der Waals surface area contributed by atoms with E-state index >= 15 is 0 Å². The lowest BCUT2D eigenvalue weighted by molar-refractivity contribution is -0.274.